The first-order valence-electron chi connectivity index (χ1n) is 25.5. The number of carboxylic acid groups (broad SMARTS) is 3. The number of phenolic OH excluding ortho intramolecular Hbond substituents is 1. The maximum absolute atomic E-state index is 13.8. The summed E-state index contributed by atoms with van der Waals surface area (Å²) in [5.41, 5.74) is 6.45. The number of aliphatic hydroxyl groups is 1. The van der Waals surface area contributed by atoms with Gasteiger partial charge in [-0.15, -0.1) is 0 Å². The third-order valence-corrected chi connectivity index (χ3v) is 12.9. The molecule has 16 N–H and O–H groups in total. The topological polar surface area (TPSA) is 461 Å². The van der Waals surface area contributed by atoms with E-state index in [0.29, 0.717) is 18.4 Å². The molecular weight excluding hydrogens is 1090 g/mol. The molecule has 1 aliphatic heterocycles. The van der Waals surface area contributed by atoms with Crippen molar-refractivity contribution in [3.63, 3.8) is 0 Å². The summed E-state index contributed by atoms with van der Waals surface area (Å²) in [4.78, 5) is 170. The summed E-state index contributed by atoms with van der Waals surface area (Å²) in [6, 6.07) is -9.41. The van der Waals surface area contributed by atoms with Gasteiger partial charge in [-0.2, -0.15) is 25.3 Å². The number of nitrogens with two attached hydrogens (primary N) is 1. The average molecular weight is 1170 g/mol. The van der Waals surface area contributed by atoms with Crippen LogP contribution in [0.4, 0.5) is 0 Å². The molecule has 29 nitrogen and oxygen atoms in total. The van der Waals surface area contributed by atoms with E-state index in [1.165, 1.54) is 36.1 Å². The SMILES string of the molecule is CC(C)C[C@H](NC(=O)[C@H](CS)NC(=O)[C@@H](NC(=O)CNC(=O)[C@H](C)NC(=O)[C@H](Cc1ccc(O)cc1)NC(=O)[C@H](CC(=O)O)NC(=O)[C@H](CS)NC(=O)[C@@H]1CCCN1C(=O)[C@@H](N)CC(C)C)[C@@H](C)O)C(=O)N[C@@H](CC(=O)O)C(=O)O. The fraction of sp³-hybridized carbons (Fsp3) is 0.612. The fourth-order valence-corrected chi connectivity index (χ4v) is 8.51. The number of hydrogen-bond acceptors (Lipinski definition) is 18. The average Bonchev–Trinajstić information content (AvgIpc) is 3.87. The minimum absolute atomic E-state index is 0.0535. The second-order valence-corrected chi connectivity index (χ2v) is 20.7. The van der Waals surface area contributed by atoms with Gasteiger partial charge in [0, 0.05) is 24.5 Å². The molecule has 0 aromatic heterocycles. The molecule has 1 aromatic rings. The molecule has 80 heavy (non-hydrogen) atoms. The summed E-state index contributed by atoms with van der Waals surface area (Å²) < 4.78 is 0. The number of rotatable bonds is 33. The Hall–Kier alpha value is -7.25. The van der Waals surface area contributed by atoms with Gasteiger partial charge in [0.25, 0.3) is 0 Å². The molecule has 1 heterocycles. The number of aliphatic hydroxyl groups excluding tert-OH is 1. The molecular formula is C49H75N11O18S2. The summed E-state index contributed by atoms with van der Waals surface area (Å²) in [5, 5.41) is 69.1. The number of aliphatic carboxylic acids is 3. The van der Waals surface area contributed by atoms with Crippen molar-refractivity contribution >= 4 is 102 Å². The van der Waals surface area contributed by atoms with Gasteiger partial charge in [0.15, 0.2) is 0 Å². The highest BCUT2D eigenvalue weighted by Gasteiger charge is 2.39. The highest BCUT2D eigenvalue weighted by molar-refractivity contribution is 7.80. The number of benzene rings is 1. The second kappa shape index (κ2) is 33.4. The predicted molar refractivity (Wildman–Crippen MR) is 289 cm³/mol. The van der Waals surface area contributed by atoms with Crippen molar-refractivity contribution < 1.29 is 87.9 Å². The lowest BCUT2D eigenvalue weighted by Gasteiger charge is -2.29. The molecule has 0 aliphatic carbocycles. The number of likely N-dealkylation sites (tertiary alicyclic amines) is 1. The Kier molecular flexibility index (Phi) is 28.7. The van der Waals surface area contributed by atoms with Crippen molar-refractivity contribution in [1.29, 1.82) is 0 Å². The molecule has 0 unspecified atom stereocenters. The summed E-state index contributed by atoms with van der Waals surface area (Å²) in [6.45, 7) is 8.81. The monoisotopic (exact) mass is 1170 g/mol. The van der Waals surface area contributed by atoms with Gasteiger partial charge < -0.3 is 84.0 Å². The molecule has 446 valence electrons. The van der Waals surface area contributed by atoms with Crippen LogP contribution in [0.15, 0.2) is 24.3 Å². The van der Waals surface area contributed by atoms with E-state index in [2.05, 4.69) is 73.1 Å². The van der Waals surface area contributed by atoms with Gasteiger partial charge in [0.1, 0.15) is 60.1 Å². The standard InChI is InChI=1S/C49H75N11O18S2/c1-22(2)14-28(50)48(76)60-13-7-8-35(60)46(74)57-33(20-79)44(72)55-31(17-37(64)65)43(71)54-30(16-26-9-11-27(62)12-10-26)41(69)52-24(5)40(68)51-19-36(63)59-39(25(6)61)47(75)58-34(21-80)45(73)53-29(15-23(3)4)42(70)56-32(49(77)78)18-38(66)67/h9-12,22-25,28-35,39,61-62,79-80H,7-8,13-21,50H2,1-6H3,(H,51,68)(H,52,69)(H,53,73)(H,54,71)(H,55,72)(H,56,70)(H,57,74)(H,58,75)(H,59,63)(H,64,65)(H,66,67)(H,77,78)/t24-,25+,28-,29-,30-,31-,32-,33-,34-,35-,39-/m0/s1. The highest BCUT2D eigenvalue weighted by atomic mass is 32.1. The number of carbonyl (C=O) groups excluding carboxylic acids is 10. The lowest BCUT2D eigenvalue weighted by atomic mass is 10.0. The number of hydrogen-bond donors (Lipinski definition) is 17. The minimum atomic E-state index is -1.87. The first kappa shape index (κ1) is 68.9. The van der Waals surface area contributed by atoms with Crippen LogP contribution in [-0.2, 0) is 68.7 Å². The van der Waals surface area contributed by atoms with Crippen LogP contribution < -0.4 is 53.6 Å². The first-order chi connectivity index (χ1) is 37.4. The third kappa shape index (κ3) is 23.2. The van der Waals surface area contributed by atoms with Gasteiger partial charge >= 0.3 is 17.9 Å². The molecule has 11 atom stereocenters. The van der Waals surface area contributed by atoms with Crippen LogP contribution in [-0.4, -0.2) is 199 Å². The zero-order valence-electron chi connectivity index (χ0n) is 45.1. The molecule has 0 saturated carbocycles. The van der Waals surface area contributed by atoms with Crippen molar-refractivity contribution in [2.45, 2.75) is 153 Å². The Morgan fingerprint density at radius 1 is 0.600 bits per heavy atom. The predicted octanol–water partition coefficient (Wildman–Crippen LogP) is -4.37. The Morgan fingerprint density at radius 2 is 1.07 bits per heavy atom. The molecule has 0 spiro atoms. The van der Waals surface area contributed by atoms with Crippen molar-refractivity contribution in [2.24, 2.45) is 17.6 Å². The molecule has 31 heteroatoms. The van der Waals surface area contributed by atoms with E-state index in [9.17, 15) is 82.8 Å². The number of carbonyl (C=O) groups is 13. The summed E-state index contributed by atoms with van der Waals surface area (Å²) in [5.74, 6) is -15.4. The first-order valence-corrected chi connectivity index (χ1v) is 26.8. The molecule has 0 bridgehead atoms. The second-order valence-electron chi connectivity index (χ2n) is 19.9. The molecule has 0 radical (unpaired) electrons. The van der Waals surface area contributed by atoms with Crippen LogP contribution >= 0.6 is 25.3 Å². The van der Waals surface area contributed by atoms with Crippen LogP contribution in [0, 0.1) is 11.8 Å². The molecule has 1 aliphatic rings. The quantitative estimate of drug-likeness (QED) is 0.0296. The van der Waals surface area contributed by atoms with Crippen molar-refractivity contribution in [3.8, 4) is 5.75 Å². The molecule has 1 fully saturated rings. The lowest BCUT2D eigenvalue weighted by molar-refractivity contribution is -0.147. The largest absolute Gasteiger partial charge is 0.508 e. The number of phenols is 1. The fourth-order valence-electron chi connectivity index (χ4n) is 8.00. The Morgan fingerprint density at radius 3 is 1.60 bits per heavy atom. The van der Waals surface area contributed by atoms with Crippen molar-refractivity contribution in [3.05, 3.63) is 29.8 Å². The maximum Gasteiger partial charge on any atom is 0.326 e. The van der Waals surface area contributed by atoms with E-state index in [4.69, 9.17) is 10.8 Å². The number of amides is 10. The molecule has 2 rings (SSSR count). The highest BCUT2D eigenvalue weighted by Crippen LogP contribution is 2.20. The van der Waals surface area contributed by atoms with E-state index < -0.39 is 169 Å². The Balaban J connectivity index is 2.18. The Labute approximate surface area is 472 Å². The maximum atomic E-state index is 13.8. The van der Waals surface area contributed by atoms with E-state index in [-0.39, 0.29) is 49.1 Å². The molecule has 1 saturated heterocycles. The Bertz CT molecular complexity index is 2400. The van der Waals surface area contributed by atoms with Crippen LogP contribution in [0.2, 0.25) is 0 Å². The van der Waals surface area contributed by atoms with E-state index in [0.717, 1.165) is 6.92 Å². The van der Waals surface area contributed by atoms with Crippen molar-refractivity contribution in [1.82, 2.24) is 52.8 Å². The van der Waals surface area contributed by atoms with Gasteiger partial charge in [0.2, 0.25) is 59.1 Å². The van der Waals surface area contributed by atoms with Crippen LogP contribution in [0.3, 0.4) is 0 Å². The number of carboxylic acids is 3. The normalized spacial score (nSPS) is 16.8. The third-order valence-electron chi connectivity index (χ3n) is 12.1. The van der Waals surface area contributed by atoms with E-state index in [1.807, 2.05) is 13.8 Å². The van der Waals surface area contributed by atoms with Gasteiger partial charge in [-0.05, 0) is 69.1 Å². The summed E-state index contributed by atoms with van der Waals surface area (Å²) in [7, 11) is 0. The molecule has 1 aromatic carbocycles. The van der Waals surface area contributed by atoms with Gasteiger partial charge in [0.05, 0.1) is 31.5 Å². The van der Waals surface area contributed by atoms with Crippen LogP contribution in [0.1, 0.15) is 85.6 Å². The van der Waals surface area contributed by atoms with E-state index >= 15 is 0 Å². The lowest BCUT2D eigenvalue weighted by Crippen LogP contribution is -2.61. The number of aromatic hydroxyl groups is 1. The summed E-state index contributed by atoms with van der Waals surface area (Å²) >= 11 is 8.25. The zero-order chi connectivity index (χ0) is 60.7. The molecule has 10 amide bonds. The summed E-state index contributed by atoms with van der Waals surface area (Å²) in [6.07, 6.45) is -2.88. The number of nitrogens with zero attached hydrogens (tertiary/aromatic N) is 1. The van der Waals surface area contributed by atoms with Gasteiger partial charge in [-0.3, -0.25) is 57.5 Å². The minimum Gasteiger partial charge on any atom is -0.508 e. The smallest absolute Gasteiger partial charge is 0.326 e. The number of thiol groups is 2. The van der Waals surface area contributed by atoms with Gasteiger partial charge in [-0.1, -0.05) is 39.8 Å². The zero-order valence-corrected chi connectivity index (χ0v) is 46.8. The van der Waals surface area contributed by atoms with E-state index in [1.54, 1.807) is 13.8 Å². The van der Waals surface area contributed by atoms with Gasteiger partial charge in [-0.25, -0.2) is 4.79 Å². The van der Waals surface area contributed by atoms with Crippen molar-refractivity contribution in [2.75, 3.05) is 24.6 Å². The van der Waals surface area contributed by atoms with Crippen LogP contribution in [0.5, 0.6) is 5.75 Å². The van der Waals surface area contributed by atoms with Crippen LogP contribution in [0.25, 0.3) is 0 Å². The number of nitrogens with one attached hydrogen (secondary N) is 9.